The van der Waals surface area contributed by atoms with Crippen molar-refractivity contribution in [2.75, 3.05) is 20.2 Å². The molecule has 2 amide bonds. The number of ether oxygens (including phenoxy) is 1. The third-order valence-electron chi connectivity index (χ3n) is 5.46. The van der Waals surface area contributed by atoms with E-state index in [0.29, 0.717) is 26.1 Å². The van der Waals surface area contributed by atoms with Crippen LogP contribution in [0.4, 0.5) is 0 Å². The quantitative estimate of drug-likeness (QED) is 0.814. The molecule has 146 valence electrons. The average molecular weight is 374 g/mol. The van der Waals surface area contributed by atoms with E-state index in [-0.39, 0.29) is 36.8 Å². The van der Waals surface area contributed by atoms with Crippen LogP contribution in [0, 0.1) is 12.8 Å². The topological polar surface area (TPSA) is 87.1 Å². The van der Waals surface area contributed by atoms with Gasteiger partial charge in [-0.25, -0.2) is 0 Å². The zero-order chi connectivity index (χ0) is 19.6. The number of amides is 2. The average Bonchev–Trinajstić information content (AvgIpc) is 3.19. The van der Waals surface area contributed by atoms with Gasteiger partial charge in [-0.1, -0.05) is 29.8 Å². The fourth-order valence-corrected chi connectivity index (χ4v) is 3.95. The molecule has 0 aromatic heterocycles. The van der Waals surface area contributed by atoms with Crippen LogP contribution in [0.15, 0.2) is 24.3 Å². The lowest BCUT2D eigenvalue weighted by Crippen LogP contribution is -2.41. The Morgan fingerprint density at radius 1 is 1.22 bits per heavy atom. The zero-order valence-electron chi connectivity index (χ0n) is 15.8. The predicted octanol–water partition coefficient (Wildman–Crippen LogP) is 1.43. The highest BCUT2D eigenvalue weighted by atomic mass is 16.5. The highest BCUT2D eigenvalue weighted by Gasteiger charge is 2.42. The molecule has 1 aromatic rings. The van der Waals surface area contributed by atoms with Crippen LogP contribution in [-0.2, 0) is 25.7 Å². The maximum atomic E-state index is 13.0. The number of carbonyl (C=O) groups excluding carboxylic acids is 2. The van der Waals surface area contributed by atoms with E-state index in [2.05, 4.69) is 0 Å². The third kappa shape index (κ3) is 4.47. The molecular formula is C20H26N2O5. The summed E-state index contributed by atoms with van der Waals surface area (Å²) in [6.07, 6.45) is 0.444. The maximum absolute atomic E-state index is 13.0. The lowest BCUT2D eigenvalue weighted by Gasteiger charge is -2.26. The molecule has 2 fully saturated rings. The van der Waals surface area contributed by atoms with Crippen molar-refractivity contribution in [2.24, 2.45) is 5.92 Å². The lowest BCUT2D eigenvalue weighted by atomic mass is 10.1. The van der Waals surface area contributed by atoms with Crippen LogP contribution in [0.3, 0.4) is 0 Å². The Balaban J connectivity index is 1.65. The van der Waals surface area contributed by atoms with E-state index in [1.807, 2.05) is 31.2 Å². The fourth-order valence-electron chi connectivity index (χ4n) is 3.95. The van der Waals surface area contributed by atoms with E-state index in [0.717, 1.165) is 11.1 Å². The van der Waals surface area contributed by atoms with Gasteiger partial charge in [0.05, 0.1) is 18.4 Å². The van der Waals surface area contributed by atoms with E-state index in [1.165, 1.54) is 0 Å². The summed E-state index contributed by atoms with van der Waals surface area (Å²) in [5, 5.41) is 9.12. The number of benzene rings is 1. The summed E-state index contributed by atoms with van der Waals surface area (Å²) < 4.78 is 5.33. The third-order valence-corrected chi connectivity index (χ3v) is 5.46. The highest BCUT2D eigenvalue weighted by molar-refractivity contribution is 5.89. The van der Waals surface area contributed by atoms with E-state index in [9.17, 15) is 14.4 Å². The largest absolute Gasteiger partial charge is 0.481 e. The SMILES string of the molecule is COC1CC(CC(=O)O)N(C(=O)C2CC(=O)N(Cc3ccc(C)cc3)C2)C1. The number of carbonyl (C=O) groups is 3. The van der Waals surface area contributed by atoms with Gasteiger partial charge in [0.1, 0.15) is 0 Å². The molecule has 2 aliphatic heterocycles. The van der Waals surface area contributed by atoms with Crippen LogP contribution in [0.25, 0.3) is 0 Å². The van der Waals surface area contributed by atoms with Crippen LogP contribution in [0.5, 0.6) is 0 Å². The molecule has 2 saturated heterocycles. The first kappa shape index (κ1) is 19.4. The number of rotatable bonds is 6. The lowest BCUT2D eigenvalue weighted by molar-refractivity contribution is -0.141. The Labute approximate surface area is 158 Å². The minimum Gasteiger partial charge on any atom is -0.481 e. The van der Waals surface area contributed by atoms with Crippen molar-refractivity contribution in [3.63, 3.8) is 0 Å². The Morgan fingerprint density at radius 2 is 1.93 bits per heavy atom. The van der Waals surface area contributed by atoms with Crippen LogP contribution < -0.4 is 0 Å². The molecule has 0 saturated carbocycles. The molecule has 27 heavy (non-hydrogen) atoms. The summed E-state index contributed by atoms with van der Waals surface area (Å²) in [7, 11) is 1.57. The summed E-state index contributed by atoms with van der Waals surface area (Å²) in [6.45, 7) is 3.26. The van der Waals surface area contributed by atoms with Crippen molar-refractivity contribution in [1.29, 1.82) is 0 Å². The van der Waals surface area contributed by atoms with E-state index < -0.39 is 11.9 Å². The molecule has 2 heterocycles. The number of carboxylic acids is 1. The second kappa shape index (κ2) is 8.08. The van der Waals surface area contributed by atoms with Gasteiger partial charge >= 0.3 is 5.97 Å². The summed E-state index contributed by atoms with van der Waals surface area (Å²) in [5.74, 6) is -1.53. The molecule has 1 aromatic carbocycles. The molecule has 0 spiro atoms. The normalized spacial score (nSPS) is 25.3. The maximum Gasteiger partial charge on any atom is 0.305 e. The highest BCUT2D eigenvalue weighted by Crippen LogP contribution is 2.28. The molecule has 0 aliphatic carbocycles. The summed E-state index contributed by atoms with van der Waals surface area (Å²) in [5.41, 5.74) is 2.19. The predicted molar refractivity (Wildman–Crippen MR) is 97.9 cm³/mol. The second-order valence-electron chi connectivity index (χ2n) is 7.50. The standard InChI is InChI=1S/C20H26N2O5/c1-13-3-5-14(6-4-13)10-21-11-15(7-18(21)23)20(26)22-12-17(27-2)8-16(22)9-19(24)25/h3-6,15-17H,7-12H2,1-2H3,(H,24,25). The Hall–Kier alpha value is -2.41. The van der Waals surface area contributed by atoms with Gasteiger partial charge in [-0.2, -0.15) is 0 Å². The molecule has 1 N–H and O–H groups in total. The van der Waals surface area contributed by atoms with Crippen LogP contribution in [0.2, 0.25) is 0 Å². The second-order valence-corrected chi connectivity index (χ2v) is 7.50. The molecule has 7 nitrogen and oxygen atoms in total. The number of aryl methyl sites for hydroxylation is 1. The van der Waals surface area contributed by atoms with Crippen LogP contribution in [0.1, 0.15) is 30.4 Å². The van der Waals surface area contributed by atoms with Crippen molar-refractivity contribution in [3.8, 4) is 0 Å². The zero-order valence-corrected chi connectivity index (χ0v) is 15.8. The number of carboxylic acid groups (broad SMARTS) is 1. The van der Waals surface area contributed by atoms with Gasteiger partial charge in [0.2, 0.25) is 11.8 Å². The number of methoxy groups -OCH3 is 1. The summed E-state index contributed by atoms with van der Waals surface area (Å²) >= 11 is 0. The first-order valence-electron chi connectivity index (χ1n) is 9.25. The number of hydrogen-bond acceptors (Lipinski definition) is 4. The van der Waals surface area contributed by atoms with Crippen molar-refractivity contribution in [2.45, 2.75) is 44.9 Å². The van der Waals surface area contributed by atoms with Gasteiger partial charge in [-0.15, -0.1) is 0 Å². The van der Waals surface area contributed by atoms with E-state index in [1.54, 1.807) is 16.9 Å². The van der Waals surface area contributed by atoms with Gasteiger partial charge in [0.25, 0.3) is 0 Å². The monoisotopic (exact) mass is 374 g/mol. The number of nitrogens with zero attached hydrogens (tertiary/aromatic N) is 2. The Kier molecular flexibility index (Phi) is 5.79. The molecule has 2 aliphatic rings. The van der Waals surface area contributed by atoms with E-state index >= 15 is 0 Å². The molecule has 7 heteroatoms. The number of hydrogen-bond donors (Lipinski definition) is 1. The molecule has 3 unspecified atom stereocenters. The van der Waals surface area contributed by atoms with Crippen molar-refractivity contribution in [3.05, 3.63) is 35.4 Å². The van der Waals surface area contributed by atoms with Crippen LogP contribution in [-0.4, -0.2) is 65.0 Å². The molecule has 3 rings (SSSR count). The van der Waals surface area contributed by atoms with Crippen molar-refractivity contribution < 1.29 is 24.2 Å². The number of aliphatic carboxylic acids is 1. The number of likely N-dealkylation sites (tertiary alicyclic amines) is 2. The van der Waals surface area contributed by atoms with Crippen LogP contribution >= 0.6 is 0 Å². The summed E-state index contributed by atoms with van der Waals surface area (Å²) in [4.78, 5) is 39.8. The Morgan fingerprint density at radius 3 is 2.56 bits per heavy atom. The molecule has 0 radical (unpaired) electrons. The molecular weight excluding hydrogens is 348 g/mol. The first-order valence-corrected chi connectivity index (χ1v) is 9.25. The van der Waals surface area contributed by atoms with Crippen molar-refractivity contribution in [1.82, 2.24) is 9.80 Å². The van der Waals surface area contributed by atoms with Gasteiger partial charge < -0.3 is 19.6 Å². The smallest absolute Gasteiger partial charge is 0.305 e. The fraction of sp³-hybridized carbons (Fsp3) is 0.550. The summed E-state index contributed by atoms with van der Waals surface area (Å²) in [6, 6.07) is 7.62. The van der Waals surface area contributed by atoms with E-state index in [4.69, 9.17) is 9.84 Å². The minimum absolute atomic E-state index is 0.0359. The first-order chi connectivity index (χ1) is 12.9. The molecule has 3 atom stereocenters. The van der Waals surface area contributed by atoms with Gasteiger partial charge in [0, 0.05) is 39.2 Å². The van der Waals surface area contributed by atoms with Crippen molar-refractivity contribution >= 4 is 17.8 Å². The molecule has 0 bridgehead atoms. The van der Waals surface area contributed by atoms with Gasteiger partial charge in [-0.3, -0.25) is 14.4 Å². The Bertz CT molecular complexity index is 718. The minimum atomic E-state index is -0.932. The van der Waals surface area contributed by atoms with Gasteiger partial charge in [0.15, 0.2) is 0 Å². The van der Waals surface area contributed by atoms with Gasteiger partial charge in [-0.05, 0) is 18.9 Å².